The predicted octanol–water partition coefficient (Wildman–Crippen LogP) is 3.99. The molecule has 0 radical (unpaired) electrons. The number of alkyl halides is 3. The van der Waals surface area contributed by atoms with Crippen LogP contribution < -0.4 is 10.0 Å². The van der Waals surface area contributed by atoms with E-state index in [1.54, 1.807) is 18.3 Å². The standard InChI is InChI=1S/C19H17F3N2O2S/c1-13-2-4-14(5-3-13)15-10-16(19(20,21)22)12-24(11-15)17-6-8-18(9-7-17)27(23,25)26/h2-11H,12H2,1H3,(H2,23,25,26). The van der Waals surface area contributed by atoms with E-state index in [1.165, 1.54) is 29.2 Å². The smallest absolute Gasteiger partial charge is 0.343 e. The molecule has 8 heteroatoms. The number of anilines is 1. The largest absolute Gasteiger partial charge is 0.414 e. The lowest BCUT2D eigenvalue weighted by Gasteiger charge is -2.28. The van der Waals surface area contributed by atoms with E-state index in [2.05, 4.69) is 0 Å². The van der Waals surface area contributed by atoms with Crippen molar-refractivity contribution >= 4 is 21.3 Å². The Morgan fingerprint density at radius 3 is 2.11 bits per heavy atom. The summed E-state index contributed by atoms with van der Waals surface area (Å²) in [5.74, 6) is 0. The number of aryl methyl sites for hydroxylation is 1. The van der Waals surface area contributed by atoms with Gasteiger partial charge < -0.3 is 4.90 Å². The van der Waals surface area contributed by atoms with Crippen LogP contribution in [0.3, 0.4) is 0 Å². The second-order valence-electron chi connectivity index (χ2n) is 6.28. The van der Waals surface area contributed by atoms with Crippen molar-refractivity contribution in [2.45, 2.75) is 18.0 Å². The van der Waals surface area contributed by atoms with E-state index < -0.39 is 21.8 Å². The van der Waals surface area contributed by atoms with E-state index in [0.29, 0.717) is 16.8 Å². The molecule has 1 aliphatic heterocycles. The molecule has 2 N–H and O–H groups in total. The molecule has 3 rings (SSSR count). The summed E-state index contributed by atoms with van der Waals surface area (Å²) in [4.78, 5) is 1.34. The lowest BCUT2D eigenvalue weighted by atomic mass is 9.99. The maximum Gasteiger partial charge on any atom is 0.414 e. The number of nitrogens with two attached hydrogens (primary N) is 1. The monoisotopic (exact) mass is 394 g/mol. The SMILES string of the molecule is Cc1ccc(C2=CN(c3ccc(S(N)(=O)=O)cc3)CC(C(F)(F)F)=C2)cc1. The topological polar surface area (TPSA) is 63.4 Å². The molecule has 27 heavy (non-hydrogen) atoms. The normalized spacial score (nSPS) is 15.4. The van der Waals surface area contributed by atoms with Crippen LogP contribution in [-0.2, 0) is 10.0 Å². The predicted molar refractivity (Wildman–Crippen MR) is 98.5 cm³/mol. The average molecular weight is 394 g/mol. The summed E-state index contributed by atoms with van der Waals surface area (Å²) >= 11 is 0. The van der Waals surface area contributed by atoms with Crippen molar-refractivity contribution in [2.24, 2.45) is 5.14 Å². The molecule has 1 aliphatic rings. The fourth-order valence-electron chi connectivity index (χ4n) is 2.74. The van der Waals surface area contributed by atoms with Gasteiger partial charge in [-0.15, -0.1) is 0 Å². The Morgan fingerprint density at radius 2 is 1.59 bits per heavy atom. The van der Waals surface area contributed by atoms with Gasteiger partial charge in [0.15, 0.2) is 0 Å². The summed E-state index contributed by atoms with van der Waals surface area (Å²) in [7, 11) is -3.87. The Morgan fingerprint density at radius 1 is 1.00 bits per heavy atom. The van der Waals surface area contributed by atoms with Crippen molar-refractivity contribution in [3.05, 3.63) is 77.5 Å². The first kappa shape index (κ1) is 19.2. The first-order valence-corrected chi connectivity index (χ1v) is 9.55. The van der Waals surface area contributed by atoms with Gasteiger partial charge in [-0.05, 0) is 48.4 Å². The highest BCUT2D eigenvalue weighted by Gasteiger charge is 2.36. The first-order valence-electron chi connectivity index (χ1n) is 8.00. The molecule has 0 aromatic heterocycles. The van der Waals surface area contributed by atoms with Gasteiger partial charge >= 0.3 is 6.18 Å². The van der Waals surface area contributed by atoms with Crippen LogP contribution in [0.25, 0.3) is 5.57 Å². The third-order valence-corrected chi connectivity index (χ3v) is 5.14. The molecule has 0 unspecified atom stereocenters. The number of sulfonamides is 1. The van der Waals surface area contributed by atoms with Crippen LogP contribution in [0, 0.1) is 6.92 Å². The van der Waals surface area contributed by atoms with E-state index in [1.807, 2.05) is 19.1 Å². The summed E-state index contributed by atoms with van der Waals surface area (Å²) in [6.07, 6.45) is -1.71. The quantitative estimate of drug-likeness (QED) is 0.856. The summed E-state index contributed by atoms with van der Waals surface area (Å²) in [5.41, 5.74) is 1.83. The van der Waals surface area contributed by atoms with E-state index in [9.17, 15) is 21.6 Å². The number of primary sulfonamides is 1. The Labute approximate surface area is 155 Å². The van der Waals surface area contributed by atoms with Gasteiger partial charge in [0.2, 0.25) is 10.0 Å². The van der Waals surface area contributed by atoms with Crippen molar-refractivity contribution in [1.82, 2.24) is 0 Å². The molecule has 0 amide bonds. The third-order valence-electron chi connectivity index (χ3n) is 4.21. The van der Waals surface area contributed by atoms with Crippen LogP contribution in [0.1, 0.15) is 11.1 Å². The van der Waals surface area contributed by atoms with Gasteiger partial charge in [-0.25, -0.2) is 13.6 Å². The Balaban J connectivity index is 2.02. The highest BCUT2D eigenvalue weighted by atomic mass is 32.2. The van der Waals surface area contributed by atoms with Crippen molar-refractivity contribution < 1.29 is 21.6 Å². The molecule has 142 valence electrons. The fraction of sp³-hybridized carbons (Fsp3) is 0.158. The first-order chi connectivity index (χ1) is 12.5. The maximum absolute atomic E-state index is 13.4. The number of halogens is 3. The van der Waals surface area contributed by atoms with E-state index in [-0.39, 0.29) is 11.4 Å². The Kier molecular flexibility index (Phi) is 4.88. The minimum Gasteiger partial charge on any atom is -0.343 e. The number of allylic oxidation sites excluding steroid dienone is 2. The molecular weight excluding hydrogens is 377 g/mol. The van der Waals surface area contributed by atoms with Gasteiger partial charge in [0.25, 0.3) is 0 Å². The number of rotatable bonds is 3. The van der Waals surface area contributed by atoms with Gasteiger partial charge in [0.05, 0.1) is 17.0 Å². The number of benzene rings is 2. The average Bonchev–Trinajstić information content (AvgIpc) is 2.60. The van der Waals surface area contributed by atoms with Crippen molar-refractivity contribution in [2.75, 3.05) is 11.4 Å². The van der Waals surface area contributed by atoms with E-state index in [0.717, 1.165) is 11.6 Å². The molecule has 0 saturated heterocycles. The lowest BCUT2D eigenvalue weighted by molar-refractivity contribution is -0.0922. The molecule has 0 spiro atoms. The molecule has 0 atom stereocenters. The van der Waals surface area contributed by atoms with Crippen molar-refractivity contribution in [3.63, 3.8) is 0 Å². The molecule has 0 saturated carbocycles. The van der Waals surface area contributed by atoms with Gasteiger partial charge in [0, 0.05) is 11.9 Å². The third kappa shape index (κ3) is 4.40. The van der Waals surface area contributed by atoms with Gasteiger partial charge in [-0.2, -0.15) is 13.2 Å². The van der Waals surface area contributed by atoms with Crippen molar-refractivity contribution in [1.29, 1.82) is 0 Å². The van der Waals surface area contributed by atoms with Crippen LogP contribution in [-0.4, -0.2) is 21.1 Å². The number of nitrogens with zero attached hydrogens (tertiary/aromatic N) is 1. The highest BCUT2D eigenvalue weighted by Crippen LogP contribution is 2.35. The Hall–Kier alpha value is -2.58. The summed E-state index contributed by atoms with van der Waals surface area (Å²) in [6.45, 7) is 1.53. The van der Waals surface area contributed by atoms with Gasteiger partial charge in [-0.3, -0.25) is 0 Å². The van der Waals surface area contributed by atoms with Crippen LogP contribution in [0.2, 0.25) is 0 Å². The fourth-order valence-corrected chi connectivity index (χ4v) is 3.25. The summed E-state index contributed by atoms with van der Waals surface area (Å²) in [5, 5.41) is 5.06. The lowest BCUT2D eigenvalue weighted by Crippen LogP contribution is -2.29. The molecule has 2 aromatic carbocycles. The number of hydrogen-bond donors (Lipinski definition) is 1. The second-order valence-corrected chi connectivity index (χ2v) is 7.85. The molecular formula is C19H17F3N2O2S. The minimum absolute atomic E-state index is 0.0995. The molecule has 0 fully saturated rings. The zero-order valence-electron chi connectivity index (χ0n) is 14.4. The van der Waals surface area contributed by atoms with Crippen molar-refractivity contribution in [3.8, 4) is 0 Å². The molecule has 4 nitrogen and oxygen atoms in total. The summed E-state index contributed by atoms with van der Waals surface area (Å²) in [6, 6.07) is 12.6. The van der Waals surface area contributed by atoms with Gasteiger partial charge in [0.1, 0.15) is 0 Å². The number of hydrogen-bond acceptors (Lipinski definition) is 3. The molecule has 0 aliphatic carbocycles. The maximum atomic E-state index is 13.4. The van der Waals surface area contributed by atoms with Crippen LogP contribution in [0.15, 0.2) is 71.3 Å². The zero-order chi connectivity index (χ0) is 19.8. The van der Waals surface area contributed by atoms with E-state index >= 15 is 0 Å². The minimum atomic E-state index is -4.47. The van der Waals surface area contributed by atoms with Crippen LogP contribution >= 0.6 is 0 Å². The highest BCUT2D eigenvalue weighted by molar-refractivity contribution is 7.89. The molecule has 0 bridgehead atoms. The van der Waals surface area contributed by atoms with Crippen LogP contribution in [0.4, 0.5) is 18.9 Å². The molecule has 2 aromatic rings. The molecule has 1 heterocycles. The zero-order valence-corrected chi connectivity index (χ0v) is 15.2. The van der Waals surface area contributed by atoms with Gasteiger partial charge in [-0.1, -0.05) is 29.8 Å². The van der Waals surface area contributed by atoms with E-state index in [4.69, 9.17) is 5.14 Å². The van der Waals surface area contributed by atoms with Crippen LogP contribution in [0.5, 0.6) is 0 Å². The Bertz CT molecular complexity index is 1010. The summed E-state index contributed by atoms with van der Waals surface area (Å²) < 4.78 is 62.9. The second kappa shape index (κ2) is 6.86.